The molecule has 1 unspecified atom stereocenters. The maximum absolute atomic E-state index is 12.1. The molecular weight excluding hydrogens is 268 g/mol. The first-order valence-electron chi connectivity index (χ1n) is 7.31. The molecule has 2 N–H and O–H groups in total. The average molecular weight is 292 g/mol. The predicted octanol–water partition coefficient (Wildman–Crippen LogP) is 1.53. The zero-order chi connectivity index (χ0) is 15.8. The van der Waals surface area contributed by atoms with E-state index in [0.717, 1.165) is 0 Å². The highest BCUT2D eigenvalue weighted by Crippen LogP contribution is 2.08. The summed E-state index contributed by atoms with van der Waals surface area (Å²) >= 11 is 0. The number of carbonyl (C=O) groups excluding carboxylic acids is 2. The Bertz CT molecular complexity index is 467. The number of benzene rings is 1. The summed E-state index contributed by atoms with van der Waals surface area (Å²) in [6.45, 7) is 7.52. The van der Waals surface area contributed by atoms with Gasteiger partial charge in [-0.15, -0.1) is 0 Å². The van der Waals surface area contributed by atoms with Gasteiger partial charge in [-0.3, -0.25) is 9.59 Å². The molecule has 0 aliphatic carbocycles. The maximum atomic E-state index is 12.1. The zero-order valence-electron chi connectivity index (χ0n) is 12.9. The van der Waals surface area contributed by atoms with Gasteiger partial charge in [0.05, 0.1) is 0 Å². The van der Waals surface area contributed by atoms with Crippen LogP contribution in [0, 0.1) is 5.92 Å². The van der Waals surface area contributed by atoms with Crippen molar-refractivity contribution < 1.29 is 14.7 Å². The molecule has 0 saturated heterocycles. The van der Waals surface area contributed by atoms with Crippen molar-refractivity contribution >= 4 is 11.8 Å². The van der Waals surface area contributed by atoms with Crippen molar-refractivity contribution in [3.63, 3.8) is 0 Å². The summed E-state index contributed by atoms with van der Waals surface area (Å²) < 4.78 is 0. The average Bonchev–Trinajstić information content (AvgIpc) is 2.53. The summed E-state index contributed by atoms with van der Waals surface area (Å²) in [6, 6.07) is 6.64. The van der Waals surface area contributed by atoms with Crippen LogP contribution in [-0.4, -0.2) is 48.1 Å². The lowest BCUT2D eigenvalue weighted by atomic mass is 10.1. The summed E-state index contributed by atoms with van der Waals surface area (Å²) in [5.41, 5.74) is 1.09. The summed E-state index contributed by atoms with van der Waals surface area (Å²) in [5.74, 6) is -0.199. The van der Waals surface area contributed by atoms with Gasteiger partial charge in [-0.05, 0) is 44.0 Å². The molecule has 1 aromatic carbocycles. The van der Waals surface area contributed by atoms with Crippen molar-refractivity contribution in [3.05, 3.63) is 35.4 Å². The van der Waals surface area contributed by atoms with Crippen molar-refractivity contribution in [2.45, 2.75) is 20.8 Å². The molecule has 0 bridgehead atoms. The van der Waals surface area contributed by atoms with Crippen LogP contribution in [-0.2, 0) is 0 Å². The summed E-state index contributed by atoms with van der Waals surface area (Å²) in [5, 5.41) is 11.7. The van der Waals surface area contributed by atoms with Gasteiger partial charge in [-0.1, -0.05) is 6.92 Å². The molecule has 5 heteroatoms. The second-order valence-corrected chi connectivity index (χ2v) is 5.05. The van der Waals surface area contributed by atoms with E-state index in [1.165, 1.54) is 0 Å². The molecule has 1 aromatic rings. The first kappa shape index (κ1) is 17.2. The van der Waals surface area contributed by atoms with Crippen LogP contribution < -0.4 is 5.32 Å². The van der Waals surface area contributed by atoms with Gasteiger partial charge < -0.3 is 15.3 Å². The van der Waals surface area contributed by atoms with Gasteiger partial charge in [-0.25, -0.2) is 0 Å². The maximum Gasteiger partial charge on any atom is 0.253 e. The van der Waals surface area contributed by atoms with E-state index in [1.807, 2.05) is 20.8 Å². The van der Waals surface area contributed by atoms with Crippen molar-refractivity contribution in [2.75, 3.05) is 26.2 Å². The van der Waals surface area contributed by atoms with Gasteiger partial charge in [0.1, 0.15) is 0 Å². The monoisotopic (exact) mass is 292 g/mol. The highest BCUT2D eigenvalue weighted by molar-refractivity contribution is 5.97. The van der Waals surface area contributed by atoms with Crippen LogP contribution in [0.25, 0.3) is 0 Å². The molecule has 1 rings (SSSR count). The highest BCUT2D eigenvalue weighted by Gasteiger charge is 2.13. The lowest BCUT2D eigenvalue weighted by Gasteiger charge is -2.18. The smallest absolute Gasteiger partial charge is 0.253 e. The van der Waals surface area contributed by atoms with E-state index in [9.17, 15) is 9.59 Å². The van der Waals surface area contributed by atoms with Crippen molar-refractivity contribution in [1.29, 1.82) is 0 Å². The topological polar surface area (TPSA) is 69.6 Å². The summed E-state index contributed by atoms with van der Waals surface area (Å²) in [7, 11) is 0. The largest absolute Gasteiger partial charge is 0.396 e. The molecule has 21 heavy (non-hydrogen) atoms. The molecule has 0 saturated carbocycles. The lowest BCUT2D eigenvalue weighted by Crippen LogP contribution is -2.31. The highest BCUT2D eigenvalue weighted by atomic mass is 16.3. The van der Waals surface area contributed by atoms with Crippen molar-refractivity contribution in [3.8, 4) is 0 Å². The quantitative estimate of drug-likeness (QED) is 0.800. The third-order valence-electron chi connectivity index (χ3n) is 3.37. The Morgan fingerprint density at radius 2 is 1.67 bits per heavy atom. The van der Waals surface area contributed by atoms with Gasteiger partial charge in [-0.2, -0.15) is 0 Å². The van der Waals surface area contributed by atoms with Gasteiger partial charge in [0.25, 0.3) is 11.8 Å². The fraction of sp³-hybridized carbons (Fsp3) is 0.500. The van der Waals surface area contributed by atoms with Crippen LogP contribution in [0.2, 0.25) is 0 Å². The number of nitrogens with one attached hydrogen (secondary N) is 1. The fourth-order valence-corrected chi connectivity index (χ4v) is 1.89. The minimum atomic E-state index is -0.197. The van der Waals surface area contributed by atoms with Crippen LogP contribution in [0.3, 0.4) is 0 Å². The summed E-state index contributed by atoms with van der Waals surface area (Å²) in [4.78, 5) is 25.8. The van der Waals surface area contributed by atoms with E-state index in [0.29, 0.717) is 30.8 Å². The Labute approximate surface area is 126 Å². The number of hydrogen-bond acceptors (Lipinski definition) is 3. The van der Waals surface area contributed by atoms with Crippen LogP contribution in [0.4, 0.5) is 0 Å². The van der Waals surface area contributed by atoms with Gasteiger partial charge >= 0.3 is 0 Å². The third kappa shape index (κ3) is 4.86. The van der Waals surface area contributed by atoms with Crippen LogP contribution in [0.15, 0.2) is 24.3 Å². The molecule has 1 atom stereocenters. The van der Waals surface area contributed by atoms with E-state index in [2.05, 4.69) is 5.32 Å². The first-order chi connectivity index (χ1) is 10.0. The third-order valence-corrected chi connectivity index (χ3v) is 3.37. The zero-order valence-corrected chi connectivity index (χ0v) is 12.9. The number of amides is 2. The Balaban J connectivity index is 2.69. The molecule has 0 aromatic heterocycles. The van der Waals surface area contributed by atoms with E-state index in [1.54, 1.807) is 29.2 Å². The van der Waals surface area contributed by atoms with Crippen LogP contribution in [0.5, 0.6) is 0 Å². The fourth-order valence-electron chi connectivity index (χ4n) is 1.89. The van der Waals surface area contributed by atoms with E-state index < -0.39 is 0 Å². The van der Waals surface area contributed by atoms with Gasteiger partial charge in [0, 0.05) is 37.4 Å². The molecule has 0 fully saturated rings. The van der Waals surface area contributed by atoms with Gasteiger partial charge in [0.2, 0.25) is 0 Å². The number of hydrogen-bond donors (Lipinski definition) is 2. The van der Waals surface area contributed by atoms with E-state index >= 15 is 0 Å². The molecule has 116 valence electrons. The molecule has 5 nitrogen and oxygen atoms in total. The summed E-state index contributed by atoms with van der Waals surface area (Å²) in [6.07, 6.45) is 0. The Morgan fingerprint density at radius 3 is 2.14 bits per heavy atom. The molecule has 0 aliphatic heterocycles. The number of rotatable bonds is 7. The molecule has 2 amide bonds. The molecule has 0 radical (unpaired) electrons. The van der Waals surface area contributed by atoms with Crippen molar-refractivity contribution in [2.24, 2.45) is 5.92 Å². The normalized spacial score (nSPS) is 11.8. The molecule has 0 heterocycles. The number of aliphatic hydroxyl groups excluding tert-OH is 1. The Hall–Kier alpha value is -1.88. The SMILES string of the molecule is CCN(CC)C(=O)c1ccc(C(=O)NCC(C)CO)cc1. The predicted molar refractivity (Wildman–Crippen MR) is 82.3 cm³/mol. The minimum Gasteiger partial charge on any atom is -0.396 e. The Kier molecular flexibility index (Phi) is 6.88. The second kappa shape index (κ2) is 8.42. The Morgan fingerprint density at radius 1 is 1.14 bits per heavy atom. The molecule has 0 aliphatic rings. The first-order valence-corrected chi connectivity index (χ1v) is 7.31. The standard InChI is InChI=1S/C16H24N2O3/c1-4-18(5-2)16(21)14-8-6-13(7-9-14)15(20)17-10-12(3)11-19/h6-9,12,19H,4-5,10-11H2,1-3H3,(H,17,20). The van der Waals surface area contributed by atoms with E-state index in [-0.39, 0.29) is 24.3 Å². The number of nitrogens with zero attached hydrogens (tertiary/aromatic N) is 1. The molecule has 0 spiro atoms. The number of carbonyl (C=O) groups is 2. The second-order valence-electron chi connectivity index (χ2n) is 5.05. The molecular formula is C16H24N2O3. The number of aliphatic hydroxyl groups is 1. The van der Waals surface area contributed by atoms with E-state index in [4.69, 9.17) is 5.11 Å². The minimum absolute atomic E-state index is 0.0254. The lowest BCUT2D eigenvalue weighted by molar-refractivity contribution is 0.0772. The van der Waals surface area contributed by atoms with Crippen molar-refractivity contribution in [1.82, 2.24) is 10.2 Å². The van der Waals surface area contributed by atoms with Gasteiger partial charge in [0.15, 0.2) is 0 Å². The van der Waals surface area contributed by atoms with Crippen LogP contribution >= 0.6 is 0 Å². The van der Waals surface area contributed by atoms with Crippen LogP contribution in [0.1, 0.15) is 41.5 Å².